The minimum absolute atomic E-state index is 0.864. The Balaban J connectivity index is 1.64. The smallest absolute Gasteiger partial charge is 0.0108 e. The highest BCUT2D eigenvalue weighted by molar-refractivity contribution is 7.99. The summed E-state index contributed by atoms with van der Waals surface area (Å²) in [4.78, 5) is 6.37. The molecule has 0 spiro atoms. The molecule has 1 heterocycles. The molecule has 0 radical (unpaired) electrons. The highest BCUT2D eigenvalue weighted by atomic mass is 32.2. The van der Waals surface area contributed by atoms with E-state index in [1.807, 2.05) is 11.8 Å². The van der Waals surface area contributed by atoms with Gasteiger partial charge in [0, 0.05) is 30.3 Å². The zero-order valence-corrected chi connectivity index (χ0v) is 14.0. The normalized spacial score (nSPS) is 20.5. The number of hydrogen-bond acceptors (Lipinski definition) is 3. The van der Waals surface area contributed by atoms with Gasteiger partial charge in [-0.2, -0.15) is 0 Å². The topological polar surface area (TPSA) is 6.48 Å². The molecular weight excluding hydrogens is 264 g/mol. The molecule has 1 saturated heterocycles. The zero-order chi connectivity index (χ0) is 14.4. The standard InChI is InChI=1S/C17H28N2S/c1-15-6-8-17(9-7-15)20-12-11-19(3)14-16-5-4-10-18(2)13-16/h6-9,16H,4-5,10-14H2,1-3H3. The molecule has 1 unspecified atom stereocenters. The van der Waals surface area contributed by atoms with Gasteiger partial charge >= 0.3 is 0 Å². The SMILES string of the molecule is Cc1ccc(SCCN(C)CC2CCCN(C)C2)cc1. The van der Waals surface area contributed by atoms with Gasteiger partial charge in [-0.25, -0.2) is 0 Å². The summed E-state index contributed by atoms with van der Waals surface area (Å²) in [5.41, 5.74) is 1.34. The summed E-state index contributed by atoms with van der Waals surface area (Å²) in [6.45, 7) is 7.12. The molecule has 2 rings (SSSR count). The van der Waals surface area contributed by atoms with Crippen molar-refractivity contribution in [2.75, 3.05) is 46.0 Å². The van der Waals surface area contributed by atoms with Crippen LogP contribution in [0, 0.1) is 12.8 Å². The van der Waals surface area contributed by atoms with Gasteiger partial charge in [-0.3, -0.25) is 0 Å². The van der Waals surface area contributed by atoms with Crippen molar-refractivity contribution in [2.24, 2.45) is 5.92 Å². The summed E-state index contributed by atoms with van der Waals surface area (Å²) in [5.74, 6) is 2.05. The quantitative estimate of drug-likeness (QED) is 0.742. The maximum atomic E-state index is 2.50. The van der Waals surface area contributed by atoms with E-state index >= 15 is 0 Å². The van der Waals surface area contributed by atoms with Crippen LogP contribution in [-0.2, 0) is 0 Å². The molecule has 1 aliphatic rings. The van der Waals surface area contributed by atoms with Gasteiger partial charge < -0.3 is 9.80 Å². The van der Waals surface area contributed by atoms with Gasteiger partial charge in [0.25, 0.3) is 0 Å². The molecule has 0 N–H and O–H groups in total. The van der Waals surface area contributed by atoms with E-state index in [1.54, 1.807) is 0 Å². The number of hydrogen-bond donors (Lipinski definition) is 0. The van der Waals surface area contributed by atoms with Crippen LogP contribution in [0.4, 0.5) is 0 Å². The monoisotopic (exact) mass is 292 g/mol. The number of likely N-dealkylation sites (tertiary alicyclic amines) is 1. The van der Waals surface area contributed by atoms with Crippen molar-refractivity contribution in [1.29, 1.82) is 0 Å². The van der Waals surface area contributed by atoms with E-state index in [0.717, 1.165) is 5.92 Å². The van der Waals surface area contributed by atoms with Crippen LogP contribution in [0.25, 0.3) is 0 Å². The Bertz CT molecular complexity index is 390. The van der Waals surface area contributed by atoms with Crippen molar-refractivity contribution in [3.8, 4) is 0 Å². The maximum absolute atomic E-state index is 2.50. The molecule has 1 aromatic rings. The first-order valence-electron chi connectivity index (χ1n) is 7.70. The van der Waals surface area contributed by atoms with Crippen molar-refractivity contribution >= 4 is 11.8 Å². The first-order chi connectivity index (χ1) is 9.63. The van der Waals surface area contributed by atoms with E-state index in [0.29, 0.717) is 0 Å². The highest BCUT2D eigenvalue weighted by Gasteiger charge is 2.18. The minimum Gasteiger partial charge on any atom is -0.306 e. The molecule has 0 saturated carbocycles. The predicted octanol–water partition coefficient (Wildman–Crippen LogP) is 3.36. The van der Waals surface area contributed by atoms with Gasteiger partial charge in [0.1, 0.15) is 0 Å². The fourth-order valence-corrected chi connectivity index (χ4v) is 3.88. The fourth-order valence-electron chi connectivity index (χ4n) is 2.91. The van der Waals surface area contributed by atoms with Crippen LogP contribution in [-0.4, -0.2) is 55.8 Å². The lowest BCUT2D eigenvalue weighted by atomic mass is 9.98. The molecule has 0 aliphatic carbocycles. The van der Waals surface area contributed by atoms with Crippen LogP contribution in [0.5, 0.6) is 0 Å². The Morgan fingerprint density at radius 2 is 2.05 bits per heavy atom. The Labute approximate surface area is 128 Å². The highest BCUT2D eigenvalue weighted by Crippen LogP contribution is 2.19. The number of rotatable bonds is 6. The van der Waals surface area contributed by atoms with Crippen LogP contribution in [0.2, 0.25) is 0 Å². The van der Waals surface area contributed by atoms with Crippen LogP contribution in [0.3, 0.4) is 0 Å². The van der Waals surface area contributed by atoms with Crippen LogP contribution < -0.4 is 0 Å². The molecule has 1 atom stereocenters. The van der Waals surface area contributed by atoms with E-state index in [4.69, 9.17) is 0 Å². The fraction of sp³-hybridized carbons (Fsp3) is 0.647. The number of piperidine rings is 1. The second kappa shape index (κ2) is 8.06. The number of thioether (sulfide) groups is 1. The molecule has 1 fully saturated rings. The van der Waals surface area contributed by atoms with Crippen molar-refractivity contribution in [3.05, 3.63) is 29.8 Å². The summed E-state index contributed by atoms with van der Waals surface area (Å²) in [7, 11) is 4.52. The number of benzene rings is 1. The van der Waals surface area contributed by atoms with Gasteiger partial charge in [-0.1, -0.05) is 17.7 Å². The van der Waals surface area contributed by atoms with Crippen LogP contribution >= 0.6 is 11.8 Å². The summed E-state index contributed by atoms with van der Waals surface area (Å²) in [5, 5.41) is 0. The molecule has 0 aromatic heterocycles. The van der Waals surface area contributed by atoms with Gasteiger partial charge in [0.15, 0.2) is 0 Å². The van der Waals surface area contributed by atoms with Crippen LogP contribution in [0.15, 0.2) is 29.2 Å². The number of nitrogens with zero attached hydrogens (tertiary/aromatic N) is 2. The molecule has 2 nitrogen and oxygen atoms in total. The molecule has 0 bridgehead atoms. The molecule has 20 heavy (non-hydrogen) atoms. The Morgan fingerprint density at radius 3 is 2.75 bits per heavy atom. The van der Waals surface area contributed by atoms with Crippen molar-refractivity contribution < 1.29 is 0 Å². The number of aryl methyl sites for hydroxylation is 1. The molecule has 1 aliphatic heterocycles. The summed E-state index contributed by atoms with van der Waals surface area (Å²) < 4.78 is 0. The second-order valence-electron chi connectivity index (χ2n) is 6.19. The molecule has 3 heteroatoms. The van der Waals surface area contributed by atoms with E-state index in [1.165, 1.54) is 55.2 Å². The average Bonchev–Trinajstić information content (AvgIpc) is 2.41. The lowest BCUT2D eigenvalue weighted by Crippen LogP contribution is -2.38. The maximum Gasteiger partial charge on any atom is 0.0108 e. The van der Waals surface area contributed by atoms with E-state index in [9.17, 15) is 0 Å². The summed E-state index contributed by atoms with van der Waals surface area (Å²) in [6.07, 6.45) is 2.77. The third-order valence-corrected chi connectivity index (χ3v) is 5.05. The molecule has 112 valence electrons. The molecule has 0 amide bonds. The van der Waals surface area contributed by atoms with Gasteiger partial charge in [0.2, 0.25) is 0 Å². The van der Waals surface area contributed by atoms with Gasteiger partial charge in [-0.15, -0.1) is 11.8 Å². The first-order valence-corrected chi connectivity index (χ1v) is 8.68. The third kappa shape index (κ3) is 5.47. The Hall–Kier alpha value is -0.510. The minimum atomic E-state index is 0.864. The average molecular weight is 292 g/mol. The van der Waals surface area contributed by atoms with Crippen molar-refractivity contribution in [3.63, 3.8) is 0 Å². The zero-order valence-electron chi connectivity index (χ0n) is 13.1. The largest absolute Gasteiger partial charge is 0.306 e. The van der Waals surface area contributed by atoms with E-state index in [2.05, 4.69) is 55.1 Å². The van der Waals surface area contributed by atoms with E-state index in [-0.39, 0.29) is 0 Å². The van der Waals surface area contributed by atoms with Crippen LogP contribution in [0.1, 0.15) is 18.4 Å². The molecule has 1 aromatic carbocycles. The summed E-state index contributed by atoms with van der Waals surface area (Å²) >= 11 is 1.97. The first kappa shape index (κ1) is 15.9. The lowest BCUT2D eigenvalue weighted by Gasteiger charge is -2.32. The lowest BCUT2D eigenvalue weighted by molar-refractivity contribution is 0.170. The van der Waals surface area contributed by atoms with Gasteiger partial charge in [0.05, 0.1) is 0 Å². The van der Waals surface area contributed by atoms with E-state index < -0.39 is 0 Å². The second-order valence-corrected chi connectivity index (χ2v) is 7.36. The summed E-state index contributed by atoms with van der Waals surface area (Å²) in [6, 6.07) is 8.86. The molecular formula is C17H28N2S. The predicted molar refractivity (Wildman–Crippen MR) is 89.6 cm³/mol. The Kier molecular flexibility index (Phi) is 6.40. The van der Waals surface area contributed by atoms with Crippen molar-refractivity contribution in [2.45, 2.75) is 24.7 Å². The van der Waals surface area contributed by atoms with Gasteiger partial charge in [-0.05, 0) is 58.5 Å². The van der Waals surface area contributed by atoms with Crippen molar-refractivity contribution in [1.82, 2.24) is 9.80 Å². The Morgan fingerprint density at radius 1 is 1.30 bits per heavy atom. The third-order valence-electron chi connectivity index (χ3n) is 4.05.